The van der Waals surface area contributed by atoms with Gasteiger partial charge in [-0.1, -0.05) is 12.1 Å². The lowest BCUT2D eigenvalue weighted by atomic mass is 10.1. The van der Waals surface area contributed by atoms with Crippen LogP contribution >= 0.6 is 11.8 Å². The van der Waals surface area contributed by atoms with Crippen molar-refractivity contribution in [3.05, 3.63) is 29.8 Å². The number of aliphatic imine (C=N–C) groups is 1. The van der Waals surface area contributed by atoms with Crippen LogP contribution in [0.1, 0.15) is 12.0 Å². The molecule has 2 heterocycles. The Balaban J connectivity index is 1.42. The molecule has 0 radical (unpaired) electrons. The van der Waals surface area contributed by atoms with E-state index in [0.29, 0.717) is 19.1 Å². The number of nitrogens with one attached hydrogen (secondary N) is 1. The Hall–Kier alpha value is -1.44. The second-order valence-corrected chi connectivity index (χ2v) is 8.56. The van der Waals surface area contributed by atoms with Crippen molar-refractivity contribution in [2.75, 3.05) is 76.6 Å². The van der Waals surface area contributed by atoms with Gasteiger partial charge in [-0.25, -0.2) is 0 Å². The molecule has 6 nitrogen and oxygen atoms in total. The number of hydrogen-bond acceptors (Lipinski definition) is 5. The van der Waals surface area contributed by atoms with Crippen LogP contribution in [0.4, 0.5) is 5.69 Å². The van der Waals surface area contributed by atoms with E-state index in [1.54, 1.807) is 7.11 Å². The SMILES string of the molecule is CN=C(NCc1ccc(N2CCSCC2)cc1)N1CCC(COCCOC)C1. The zero-order valence-corrected chi connectivity index (χ0v) is 18.0. The Morgan fingerprint density at radius 1 is 1.18 bits per heavy atom. The van der Waals surface area contributed by atoms with Crippen molar-refractivity contribution in [3.8, 4) is 0 Å². The van der Waals surface area contributed by atoms with Gasteiger partial charge in [-0.2, -0.15) is 11.8 Å². The van der Waals surface area contributed by atoms with Gasteiger partial charge in [0.05, 0.1) is 19.8 Å². The monoisotopic (exact) mass is 406 g/mol. The first-order chi connectivity index (χ1) is 13.8. The van der Waals surface area contributed by atoms with Gasteiger partial charge < -0.3 is 24.6 Å². The molecule has 2 aliphatic rings. The van der Waals surface area contributed by atoms with Gasteiger partial charge in [-0.3, -0.25) is 4.99 Å². The van der Waals surface area contributed by atoms with E-state index in [1.807, 2.05) is 18.8 Å². The maximum atomic E-state index is 5.69. The van der Waals surface area contributed by atoms with Crippen molar-refractivity contribution in [1.82, 2.24) is 10.2 Å². The first-order valence-electron chi connectivity index (χ1n) is 10.2. The fourth-order valence-electron chi connectivity index (χ4n) is 3.71. The zero-order chi connectivity index (χ0) is 19.6. The Labute approximate surface area is 173 Å². The van der Waals surface area contributed by atoms with Crippen LogP contribution in [0.15, 0.2) is 29.3 Å². The molecule has 0 spiro atoms. The van der Waals surface area contributed by atoms with E-state index in [0.717, 1.165) is 51.7 Å². The number of hydrogen-bond donors (Lipinski definition) is 1. The number of guanidine groups is 1. The maximum absolute atomic E-state index is 5.69. The van der Waals surface area contributed by atoms with Crippen LogP contribution < -0.4 is 10.2 Å². The normalized spacial score (nSPS) is 20.6. The van der Waals surface area contributed by atoms with Gasteiger partial charge in [0.2, 0.25) is 0 Å². The standard InChI is InChI=1S/C21H34N4O2S/c1-22-21(25-8-7-19(16-25)17-27-12-11-26-2)23-15-18-3-5-20(6-4-18)24-9-13-28-14-10-24/h3-6,19H,7-17H2,1-2H3,(H,22,23). The largest absolute Gasteiger partial charge is 0.382 e. The van der Waals surface area contributed by atoms with E-state index in [1.165, 1.54) is 22.8 Å². The summed E-state index contributed by atoms with van der Waals surface area (Å²) in [4.78, 5) is 9.30. The summed E-state index contributed by atoms with van der Waals surface area (Å²) in [5.74, 6) is 4.01. The highest BCUT2D eigenvalue weighted by Crippen LogP contribution is 2.20. The molecule has 28 heavy (non-hydrogen) atoms. The van der Waals surface area contributed by atoms with Crippen molar-refractivity contribution in [2.24, 2.45) is 10.9 Å². The third-order valence-electron chi connectivity index (χ3n) is 5.35. The van der Waals surface area contributed by atoms with Gasteiger partial charge in [0, 0.05) is 70.0 Å². The van der Waals surface area contributed by atoms with Crippen LogP contribution in [-0.4, -0.2) is 82.5 Å². The molecule has 1 aromatic rings. The van der Waals surface area contributed by atoms with Gasteiger partial charge in [-0.15, -0.1) is 0 Å². The first-order valence-corrected chi connectivity index (χ1v) is 11.4. The Morgan fingerprint density at radius 3 is 2.68 bits per heavy atom. The van der Waals surface area contributed by atoms with Gasteiger partial charge >= 0.3 is 0 Å². The molecular formula is C21H34N4O2S. The number of methoxy groups -OCH3 is 1. The smallest absolute Gasteiger partial charge is 0.193 e. The highest BCUT2D eigenvalue weighted by Gasteiger charge is 2.24. The van der Waals surface area contributed by atoms with Crippen molar-refractivity contribution >= 4 is 23.4 Å². The molecule has 1 unspecified atom stereocenters. The number of ether oxygens (including phenoxy) is 2. The first kappa shape index (κ1) is 21.3. The van der Waals surface area contributed by atoms with Gasteiger partial charge in [-0.05, 0) is 24.1 Å². The van der Waals surface area contributed by atoms with Crippen LogP contribution in [-0.2, 0) is 16.0 Å². The lowest BCUT2D eigenvalue weighted by Crippen LogP contribution is -2.39. The lowest BCUT2D eigenvalue weighted by Gasteiger charge is -2.28. The van der Waals surface area contributed by atoms with E-state index in [2.05, 4.69) is 44.4 Å². The summed E-state index contributed by atoms with van der Waals surface area (Å²) in [5.41, 5.74) is 2.62. The second-order valence-electron chi connectivity index (χ2n) is 7.34. The summed E-state index contributed by atoms with van der Waals surface area (Å²) in [6.07, 6.45) is 1.15. The van der Waals surface area contributed by atoms with Gasteiger partial charge in [0.15, 0.2) is 5.96 Å². The highest BCUT2D eigenvalue weighted by atomic mass is 32.2. The van der Waals surface area contributed by atoms with E-state index in [4.69, 9.17) is 9.47 Å². The molecule has 1 N–H and O–H groups in total. The van der Waals surface area contributed by atoms with E-state index in [-0.39, 0.29) is 0 Å². The van der Waals surface area contributed by atoms with E-state index in [9.17, 15) is 0 Å². The number of anilines is 1. The molecule has 3 rings (SSSR count). The highest BCUT2D eigenvalue weighted by molar-refractivity contribution is 7.99. The summed E-state index contributed by atoms with van der Waals surface area (Å²) in [5, 5.41) is 3.52. The van der Waals surface area contributed by atoms with Crippen molar-refractivity contribution in [1.29, 1.82) is 0 Å². The average molecular weight is 407 g/mol. The molecule has 0 amide bonds. The molecule has 156 valence electrons. The van der Waals surface area contributed by atoms with E-state index < -0.39 is 0 Å². The summed E-state index contributed by atoms with van der Waals surface area (Å²) >= 11 is 2.05. The lowest BCUT2D eigenvalue weighted by molar-refractivity contribution is 0.0536. The summed E-state index contributed by atoms with van der Waals surface area (Å²) < 4.78 is 10.7. The van der Waals surface area contributed by atoms with Gasteiger partial charge in [0.25, 0.3) is 0 Å². The minimum atomic E-state index is 0.567. The molecule has 0 bridgehead atoms. The van der Waals surface area contributed by atoms with Crippen LogP contribution in [0, 0.1) is 5.92 Å². The summed E-state index contributed by atoms with van der Waals surface area (Å²) in [6, 6.07) is 8.96. The molecule has 2 aliphatic heterocycles. The Kier molecular flexibility index (Phi) is 8.76. The van der Waals surface area contributed by atoms with Crippen LogP contribution in [0.5, 0.6) is 0 Å². The third-order valence-corrected chi connectivity index (χ3v) is 6.29. The quantitative estimate of drug-likeness (QED) is 0.406. The molecule has 1 aromatic carbocycles. The number of thioether (sulfide) groups is 1. The molecule has 0 aromatic heterocycles. The predicted octanol–water partition coefficient (Wildman–Crippen LogP) is 2.30. The average Bonchev–Trinajstić information content (AvgIpc) is 3.21. The maximum Gasteiger partial charge on any atom is 0.193 e. The molecule has 1 atom stereocenters. The molecule has 7 heteroatoms. The van der Waals surface area contributed by atoms with Crippen molar-refractivity contribution in [2.45, 2.75) is 13.0 Å². The van der Waals surface area contributed by atoms with Crippen molar-refractivity contribution < 1.29 is 9.47 Å². The number of benzene rings is 1. The van der Waals surface area contributed by atoms with Crippen LogP contribution in [0.3, 0.4) is 0 Å². The third kappa shape index (κ3) is 6.29. The van der Waals surface area contributed by atoms with Gasteiger partial charge in [0.1, 0.15) is 0 Å². The van der Waals surface area contributed by atoms with Crippen molar-refractivity contribution in [3.63, 3.8) is 0 Å². The number of nitrogens with zero attached hydrogens (tertiary/aromatic N) is 3. The fraction of sp³-hybridized carbons (Fsp3) is 0.667. The Bertz CT molecular complexity index is 605. The summed E-state index contributed by atoms with van der Waals surface area (Å²) in [7, 11) is 3.57. The minimum Gasteiger partial charge on any atom is -0.382 e. The Morgan fingerprint density at radius 2 is 1.96 bits per heavy atom. The second kappa shape index (κ2) is 11.5. The summed E-state index contributed by atoms with van der Waals surface area (Å²) in [6.45, 7) is 7.27. The van der Waals surface area contributed by atoms with E-state index >= 15 is 0 Å². The topological polar surface area (TPSA) is 49.3 Å². The van der Waals surface area contributed by atoms with Crippen LogP contribution in [0.25, 0.3) is 0 Å². The fourth-order valence-corrected chi connectivity index (χ4v) is 4.62. The number of likely N-dealkylation sites (tertiary alicyclic amines) is 1. The predicted molar refractivity (Wildman–Crippen MR) is 119 cm³/mol. The molecular weight excluding hydrogens is 372 g/mol. The zero-order valence-electron chi connectivity index (χ0n) is 17.2. The molecule has 2 fully saturated rings. The molecule has 2 saturated heterocycles. The van der Waals surface area contributed by atoms with Crippen LogP contribution in [0.2, 0.25) is 0 Å². The minimum absolute atomic E-state index is 0.567. The number of rotatable bonds is 8. The molecule has 0 aliphatic carbocycles. The molecule has 0 saturated carbocycles.